The Morgan fingerprint density at radius 2 is 1.82 bits per heavy atom. The van der Waals surface area contributed by atoms with Crippen LogP contribution in [0.1, 0.15) is 44.1 Å². The van der Waals surface area contributed by atoms with Gasteiger partial charge in [-0.2, -0.15) is 0 Å². The SMILES string of the molecule is O=C(O)CCCCCCCNC(=O)Cc1cc(F)ccc1Br. The molecule has 1 aromatic rings. The van der Waals surface area contributed by atoms with Crippen LogP contribution in [-0.4, -0.2) is 23.5 Å². The lowest BCUT2D eigenvalue weighted by Crippen LogP contribution is -2.26. The Kier molecular flexibility index (Phi) is 8.74. The van der Waals surface area contributed by atoms with Gasteiger partial charge in [-0.25, -0.2) is 4.39 Å². The summed E-state index contributed by atoms with van der Waals surface area (Å²) >= 11 is 3.30. The van der Waals surface area contributed by atoms with E-state index in [1.54, 1.807) is 6.07 Å². The molecule has 6 heteroatoms. The molecule has 0 radical (unpaired) electrons. The molecule has 0 aliphatic heterocycles. The molecule has 0 saturated heterocycles. The zero-order chi connectivity index (χ0) is 16.4. The Hall–Kier alpha value is -1.43. The molecular formula is C16H21BrFNO3. The van der Waals surface area contributed by atoms with Gasteiger partial charge in [0, 0.05) is 17.4 Å². The number of unbranched alkanes of at least 4 members (excludes halogenated alkanes) is 4. The molecule has 0 fully saturated rings. The van der Waals surface area contributed by atoms with Crippen LogP contribution in [0.5, 0.6) is 0 Å². The van der Waals surface area contributed by atoms with E-state index in [4.69, 9.17) is 5.11 Å². The van der Waals surface area contributed by atoms with E-state index in [1.807, 2.05) is 0 Å². The fraction of sp³-hybridized carbons (Fsp3) is 0.500. The standard InChI is InChI=1S/C16H21BrFNO3/c17-14-8-7-13(18)10-12(14)11-15(20)19-9-5-3-1-2-4-6-16(21)22/h7-8,10H,1-6,9,11H2,(H,19,20)(H,21,22). The minimum Gasteiger partial charge on any atom is -0.481 e. The van der Waals surface area contributed by atoms with E-state index in [0.29, 0.717) is 18.5 Å². The summed E-state index contributed by atoms with van der Waals surface area (Å²) in [5.41, 5.74) is 0.631. The summed E-state index contributed by atoms with van der Waals surface area (Å²) < 4.78 is 13.8. The van der Waals surface area contributed by atoms with Crippen LogP contribution in [0.4, 0.5) is 4.39 Å². The van der Waals surface area contributed by atoms with Gasteiger partial charge < -0.3 is 10.4 Å². The minimum atomic E-state index is -0.754. The van der Waals surface area contributed by atoms with Crippen molar-refractivity contribution in [3.8, 4) is 0 Å². The highest BCUT2D eigenvalue weighted by atomic mass is 79.9. The number of nitrogens with one attached hydrogen (secondary N) is 1. The lowest BCUT2D eigenvalue weighted by molar-refractivity contribution is -0.137. The van der Waals surface area contributed by atoms with Crippen molar-refractivity contribution < 1.29 is 19.1 Å². The summed E-state index contributed by atoms with van der Waals surface area (Å²) in [5.74, 6) is -1.24. The minimum absolute atomic E-state index is 0.128. The Balaban J connectivity index is 2.11. The zero-order valence-electron chi connectivity index (χ0n) is 12.4. The van der Waals surface area contributed by atoms with Gasteiger partial charge in [-0.1, -0.05) is 35.2 Å². The van der Waals surface area contributed by atoms with Gasteiger partial charge in [0.25, 0.3) is 0 Å². The first-order chi connectivity index (χ1) is 10.5. The summed E-state index contributed by atoms with van der Waals surface area (Å²) in [4.78, 5) is 22.1. The van der Waals surface area contributed by atoms with Crippen LogP contribution in [0, 0.1) is 5.82 Å². The van der Waals surface area contributed by atoms with Crippen molar-refractivity contribution in [3.63, 3.8) is 0 Å². The van der Waals surface area contributed by atoms with E-state index < -0.39 is 5.97 Å². The van der Waals surface area contributed by atoms with E-state index in [1.165, 1.54) is 12.1 Å². The van der Waals surface area contributed by atoms with Crippen molar-refractivity contribution in [2.45, 2.75) is 44.9 Å². The molecule has 4 nitrogen and oxygen atoms in total. The van der Waals surface area contributed by atoms with Crippen LogP contribution < -0.4 is 5.32 Å². The van der Waals surface area contributed by atoms with Crippen molar-refractivity contribution in [2.75, 3.05) is 6.54 Å². The predicted molar refractivity (Wildman–Crippen MR) is 86.2 cm³/mol. The number of carbonyl (C=O) groups is 2. The maximum absolute atomic E-state index is 13.1. The second-order valence-corrected chi connectivity index (χ2v) is 6.03. The number of hydrogen-bond acceptors (Lipinski definition) is 2. The summed E-state index contributed by atoms with van der Waals surface area (Å²) in [6.45, 7) is 0.588. The molecule has 0 aromatic heterocycles. The lowest BCUT2D eigenvalue weighted by Gasteiger charge is -2.07. The van der Waals surface area contributed by atoms with Gasteiger partial charge in [0.2, 0.25) is 5.91 Å². The van der Waals surface area contributed by atoms with Gasteiger partial charge in [-0.3, -0.25) is 9.59 Å². The zero-order valence-corrected chi connectivity index (χ0v) is 14.0. The molecule has 0 bridgehead atoms. The van der Waals surface area contributed by atoms with E-state index in [0.717, 1.165) is 30.2 Å². The molecule has 0 aliphatic rings. The third-order valence-corrected chi connectivity index (χ3v) is 4.02. The van der Waals surface area contributed by atoms with Crippen molar-refractivity contribution in [2.24, 2.45) is 0 Å². The predicted octanol–water partition coefficient (Wildman–Crippen LogP) is 3.67. The van der Waals surface area contributed by atoms with Gasteiger partial charge in [0.15, 0.2) is 0 Å². The topological polar surface area (TPSA) is 66.4 Å². The van der Waals surface area contributed by atoms with Gasteiger partial charge in [-0.05, 0) is 36.6 Å². The fourth-order valence-electron chi connectivity index (χ4n) is 2.07. The number of hydrogen-bond donors (Lipinski definition) is 2. The Morgan fingerprint density at radius 1 is 1.14 bits per heavy atom. The Morgan fingerprint density at radius 3 is 2.55 bits per heavy atom. The number of carboxylic acid groups (broad SMARTS) is 1. The second-order valence-electron chi connectivity index (χ2n) is 5.17. The quantitative estimate of drug-likeness (QED) is 0.614. The van der Waals surface area contributed by atoms with E-state index in [2.05, 4.69) is 21.2 Å². The molecule has 0 heterocycles. The van der Waals surface area contributed by atoms with Crippen LogP contribution in [0.3, 0.4) is 0 Å². The molecule has 0 unspecified atom stereocenters. The number of amides is 1. The van der Waals surface area contributed by atoms with Crippen LogP contribution in [0.2, 0.25) is 0 Å². The highest BCUT2D eigenvalue weighted by Crippen LogP contribution is 2.18. The van der Waals surface area contributed by atoms with Crippen molar-refractivity contribution in [1.82, 2.24) is 5.32 Å². The van der Waals surface area contributed by atoms with E-state index in [-0.39, 0.29) is 24.6 Å². The Bertz CT molecular complexity index is 508. The molecule has 2 N–H and O–H groups in total. The molecule has 122 valence electrons. The third kappa shape index (κ3) is 8.12. The van der Waals surface area contributed by atoms with Gasteiger partial charge >= 0.3 is 5.97 Å². The lowest BCUT2D eigenvalue weighted by atomic mass is 10.1. The highest BCUT2D eigenvalue weighted by molar-refractivity contribution is 9.10. The van der Waals surface area contributed by atoms with E-state index >= 15 is 0 Å². The third-order valence-electron chi connectivity index (χ3n) is 3.25. The highest BCUT2D eigenvalue weighted by Gasteiger charge is 2.07. The maximum atomic E-state index is 13.1. The van der Waals surface area contributed by atoms with Crippen LogP contribution in [0.15, 0.2) is 22.7 Å². The largest absolute Gasteiger partial charge is 0.481 e. The molecule has 1 aromatic carbocycles. The van der Waals surface area contributed by atoms with Crippen LogP contribution in [-0.2, 0) is 16.0 Å². The van der Waals surface area contributed by atoms with Crippen molar-refractivity contribution in [1.29, 1.82) is 0 Å². The molecule has 0 aliphatic carbocycles. The average molecular weight is 374 g/mol. The number of carbonyl (C=O) groups excluding carboxylic acids is 1. The second kappa shape index (κ2) is 10.3. The van der Waals surface area contributed by atoms with E-state index in [9.17, 15) is 14.0 Å². The first-order valence-corrected chi connectivity index (χ1v) is 8.21. The number of benzene rings is 1. The maximum Gasteiger partial charge on any atom is 0.303 e. The summed E-state index contributed by atoms with van der Waals surface area (Å²) in [6.07, 6.45) is 4.77. The summed E-state index contributed by atoms with van der Waals surface area (Å²) in [5, 5.41) is 11.3. The molecule has 0 saturated carbocycles. The fourth-order valence-corrected chi connectivity index (χ4v) is 2.46. The number of carboxylic acids is 1. The molecular weight excluding hydrogens is 353 g/mol. The van der Waals surface area contributed by atoms with Gasteiger partial charge in [0.05, 0.1) is 6.42 Å². The van der Waals surface area contributed by atoms with Crippen molar-refractivity contribution in [3.05, 3.63) is 34.1 Å². The van der Waals surface area contributed by atoms with Crippen LogP contribution >= 0.6 is 15.9 Å². The molecule has 0 atom stereocenters. The first-order valence-electron chi connectivity index (χ1n) is 7.41. The molecule has 0 spiro atoms. The number of halogens is 2. The normalized spacial score (nSPS) is 10.5. The first kappa shape index (κ1) is 18.6. The average Bonchev–Trinajstić information content (AvgIpc) is 2.45. The molecule has 1 amide bonds. The molecule has 1 rings (SSSR count). The smallest absolute Gasteiger partial charge is 0.303 e. The summed E-state index contributed by atoms with van der Waals surface area (Å²) in [7, 11) is 0. The number of rotatable bonds is 10. The summed E-state index contributed by atoms with van der Waals surface area (Å²) in [6, 6.07) is 4.29. The molecule has 22 heavy (non-hydrogen) atoms. The monoisotopic (exact) mass is 373 g/mol. The van der Waals surface area contributed by atoms with Crippen LogP contribution in [0.25, 0.3) is 0 Å². The van der Waals surface area contributed by atoms with Gasteiger partial charge in [0.1, 0.15) is 5.82 Å². The Labute approximate surface area is 138 Å². The van der Waals surface area contributed by atoms with Crippen molar-refractivity contribution >= 4 is 27.8 Å². The number of aliphatic carboxylic acids is 1. The van der Waals surface area contributed by atoms with Gasteiger partial charge in [-0.15, -0.1) is 0 Å².